The molecule has 0 aliphatic rings. The molecule has 7 heteroatoms. The second kappa shape index (κ2) is 8.26. The van der Waals surface area contributed by atoms with E-state index in [1.165, 1.54) is 11.8 Å². The molecule has 0 saturated heterocycles. The molecule has 0 spiro atoms. The summed E-state index contributed by atoms with van der Waals surface area (Å²) in [6.45, 7) is 3.51. The predicted octanol–water partition coefficient (Wildman–Crippen LogP) is 3.86. The van der Waals surface area contributed by atoms with E-state index in [0.29, 0.717) is 11.6 Å². The molecular formula is C20H21N3O3S. The molecule has 0 aliphatic heterocycles. The van der Waals surface area contributed by atoms with Gasteiger partial charge in [-0.15, -0.1) is 11.8 Å². The molecule has 1 aromatic heterocycles. The lowest BCUT2D eigenvalue weighted by Gasteiger charge is -2.19. The van der Waals surface area contributed by atoms with Crippen molar-refractivity contribution >= 4 is 45.9 Å². The first kappa shape index (κ1) is 19.0. The highest BCUT2D eigenvalue weighted by molar-refractivity contribution is 8.01. The summed E-state index contributed by atoms with van der Waals surface area (Å²) in [6, 6.07) is 15.6. The number of anilines is 2. The van der Waals surface area contributed by atoms with Gasteiger partial charge in [-0.25, -0.2) is 0 Å². The third kappa shape index (κ3) is 4.68. The predicted molar refractivity (Wildman–Crippen MR) is 109 cm³/mol. The summed E-state index contributed by atoms with van der Waals surface area (Å²) >= 11 is 1.28. The van der Waals surface area contributed by atoms with E-state index in [1.807, 2.05) is 42.5 Å². The normalized spacial score (nSPS) is 12.0. The van der Waals surface area contributed by atoms with Crippen LogP contribution in [0.15, 0.2) is 53.1 Å². The summed E-state index contributed by atoms with van der Waals surface area (Å²) in [4.78, 5) is 26.3. The summed E-state index contributed by atoms with van der Waals surface area (Å²) in [5.74, 6) is 0.930. The molecule has 0 aliphatic carbocycles. The van der Waals surface area contributed by atoms with Crippen molar-refractivity contribution in [2.75, 3.05) is 23.0 Å². The minimum Gasteiger partial charge on any atom is -0.360 e. The highest BCUT2D eigenvalue weighted by Gasteiger charge is 2.19. The fourth-order valence-corrected chi connectivity index (χ4v) is 3.35. The van der Waals surface area contributed by atoms with Crippen LogP contribution in [0.5, 0.6) is 0 Å². The van der Waals surface area contributed by atoms with E-state index in [9.17, 15) is 9.59 Å². The van der Waals surface area contributed by atoms with Gasteiger partial charge in [-0.2, -0.15) is 0 Å². The van der Waals surface area contributed by atoms with E-state index in [1.54, 1.807) is 31.9 Å². The lowest BCUT2D eigenvalue weighted by atomic mass is 10.1. The minimum atomic E-state index is -0.393. The highest BCUT2D eigenvalue weighted by atomic mass is 32.2. The highest BCUT2D eigenvalue weighted by Crippen LogP contribution is 2.22. The van der Waals surface area contributed by atoms with Crippen molar-refractivity contribution in [3.8, 4) is 0 Å². The van der Waals surface area contributed by atoms with Gasteiger partial charge < -0.3 is 14.7 Å². The monoisotopic (exact) mass is 383 g/mol. The topological polar surface area (TPSA) is 75.4 Å². The van der Waals surface area contributed by atoms with Gasteiger partial charge in [-0.1, -0.05) is 35.5 Å². The van der Waals surface area contributed by atoms with E-state index >= 15 is 0 Å². The number of thioether (sulfide) groups is 1. The Bertz CT molecular complexity index is 970. The molecule has 3 aromatic rings. The van der Waals surface area contributed by atoms with Crippen LogP contribution in [0.25, 0.3) is 10.8 Å². The molecule has 0 radical (unpaired) electrons. The third-order valence-electron chi connectivity index (χ3n) is 4.20. The number of carbonyl (C=O) groups excluding carboxylic acids is 2. The first-order chi connectivity index (χ1) is 12.9. The summed E-state index contributed by atoms with van der Waals surface area (Å²) < 4.78 is 4.92. The van der Waals surface area contributed by atoms with Crippen LogP contribution in [0.1, 0.15) is 12.7 Å². The van der Waals surface area contributed by atoms with Crippen molar-refractivity contribution in [1.82, 2.24) is 5.16 Å². The number of amides is 2. The van der Waals surface area contributed by atoms with Crippen LogP contribution in [0.4, 0.5) is 11.5 Å². The Morgan fingerprint density at radius 3 is 2.63 bits per heavy atom. The molecule has 3 rings (SSSR count). The zero-order valence-electron chi connectivity index (χ0n) is 15.4. The number of hydrogen-bond acceptors (Lipinski definition) is 5. The van der Waals surface area contributed by atoms with Crippen LogP contribution in [0.2, 0.25) is 0 Å². The van der Waals surface area contributed by atoms with E-state index in [2.05, 4.69) is 10.5 Å². The lowest BCUT2D eigenvalue weighted by molar-refractivity contribution is -0.116. The molecular weight excluding hydrogens is 362 g/mol. The number of aromatic nitrogens is 1. The Labute approximate surface area is 161 Å². The largest absolute Gasteiger partial charge is 0.360 e. The summed E-state index contributed by atoms with van der Waals surface area (Å²) in [5, 5.41) is 8.23. The van der Waals surface area contributed by atoms with Gasteiger partial charge in [0.2, 0.25) is 11.8 Å². The molecule has 1 heterocycles. The summed E-state index contributed by atoms with van der Waals surface area (Å²) in [5.41, 5.74) is 0.828. The van der Waals surface area contributed by atoms with Gasteiger partial charge in [0.05, 0.1) is 11.0 Å². The first-order valence-electron chi connectivity index (χ1n) is 8.55. The van der Waals surface area contributed by atoms with Gasteiger partial charge in [0.25, 0.3) is 0 Å². The van der Waals surface area contributed by atoms with Gasteiger partial charge in [0, 0.05) is 18.8 Å². The molecule has 0 bridgehead atoms. The molecule has 0 fully saturated rings. The number of carbonyl (C=O) groups is 2. The third-order valence-corrected chi connectivity index (χ3v) is 5.33. The zero-order valence-corrected chi connectivity index (χ0v) is 16.2. The van der Waals surface area contributed by atoms with Crippen molar-refractivity contribution < 1.29 is 14.1 Å². The Balaban J connectivity index is 1.56. The number of rotatable bonds is 6. The number of benzene rings is 2. The molecule has 1 unspecified atom stereocenters. The average Bonchev–Trinajstić information content (AvgIpc) is 3.09. The number of fused-ring (bicyclic) bond motifs is 1. The zero-order chi connectivity index (χ0) is 19.4. The van der Waals surface area contributed by atoms with Gasteiger partial charge >= 0.3 is 0 Å². The van der Waals surface area contributed by atoms with Crippen molar-refractivity contribution in [2.45, 2.75) is 19.1 Å². The van der Waals surface area contributed by atoms with Crippen molar-refractivity contribution in [2.24, 2.45) is 0 Å². The molecule has 27 heavy (non-hydrogen) atoms. The van der Waals surface area contributed by atoms with Gasteiger partial charge in [0.15, 0.2) is 5.82 Å². The molecule has 2 amide bonds. The van der Waals surface area contributed by atoms with Crippen molar-refractivity contribution in [3.05, 3.63) is 54.3 Å². The first-order valence-corrected chi connectivity index (χ1v) is 9.60. The molecule has 1 N–H and O–H groups in total. The number of nitrogens with one attached hydrogen (secondary N) is 1. The second-order valence-electron chi connectivity index (χ2n) is 6.25. The van der Waals surface area contributed by atoms with Crippen LogP contribution in [-0.4, -0.2) is 35.0 Å². The number of nitrogens with zero attached hydrogens (tertiary/aromatic N) is 2. The number of aryl methyl sites for hydroxylation is 1. The quantitative estimate of drug-likeness (QED) is 0.699. The fraction of sp³-hybridized carbons (Fsp3) is 0.250. The molecule has 2 aromatic carbocycles. The Morgan fingerprint density at radius 2 is 1.93 bits per heavy atom. The van der Waals surface area contributed by atoms with Crippen LogP contribution in [-0.2, 0) is 9.59 Å². The van der Waals surface area contributed by atoms with Gasteiger partial charge in [-0.05, 0) is 36.8 Å². The van der Waals surface area contributed by atoms with E-state index in [4.69, 9.17) is 4.52 Å². The average molecular weight is 383 g/mol. The Kier molecular flexibility index (Phi) is 5.81. The molecule has 6 nitrogen and oxygen atoms in total. The maximum atomic E-state index is 12.5. The van der Waals surface area contributed by atoms with Gasteiger partial charge in [-0.3, -0.25) is 9.59 Å². The lowest BCUT2D eigenvalue weighted by Crippen LogP contribution is -2.30. The standard InChI is InChI=1S/C20H21N3O3S/c1-13-10-18(22-26-13)21-20(25)14(2)27-12-19(24)23(3)17-9-8-15-6-4-5-7-16(15)11-17/h4-11,14H,12H2,1-3H3,(H,21,22,25). The minimum absolute atomic E-state index is 0.0628. The van der Waals surface area contributed by atoms with Crippen LogP contribution < -0.4 is 10.2 Å². The van der Waals surface area contributed by atoms with E-state index < -0.39 is 5.25 Å². The van der Waals surface area contributed by atoms with Crippen LogP contribution >= 0.6 is 11.8 Å². The summed E-state index contributed by atoms with van der Waals surface area (Å²) in [6.07, 6.45) is 0. The van der Waals surface area contributed by atoms with Crippen molar-refractivity contribution in [3.63, 3.8) is 0 Å². The SMILES string of the molecule is Cc1cc(NC(=O)C(C)SCC(=O)N(C)c2ccc3ccccc3c2)no1. The fourth-order valence-electron chi connectivity index (χ4n) is 2.55. The smallest absolute Gasteiger partial charge is 0.238 e. The van der Waals surface area contributed by atoms with E-state index in [0.717, 1.165) is 16.5 Å². The van der Waals surface area contributed by atoms with Crippen molar-refractivity contribution in [1.29, 1.82) is 0 Å². The Hall–Kier alpha value is -2.80. The number of hydrogen-bond donors (Lipinski definition) is 1. The van der Waals surface area contributed by atoms with Crippen LogP contribution in [0, 0.1) is 6.92 Å². The molecule has 140 valence electrons. The van der Waals surface area contributed by atoms with E-state index in [-0.39, 0.29) is 17.6 Å². The maximum absolute atomic E-state index is 12.5. The molecule has 0 saturated carbocycles. The maximum Gasteiger partial charge on any atom is 0.238 e. The molecule has 1 atom stereocenters. The Morgan fingerprint density at radius 1 is 1.19 bits per heavy atom. The summed E-state index contributed by atoms with van der Waals surface area (Å²) in [7, 11) is 1.75. The second-order valence-corrected chi connectivity index (χ2v) is 7.58. The van der Waals surface area contributed by atoms with Crippen LogP contribution in [0.3, 0.4) is 0 Å². The van der Waals surface area contributed by atoms with Gasteiger partial charge in [0.1, 0.15) is 5.76 Å².